The second-order valence-electron chi connectivity index (χ2n) is 6.39. The van der Waals surface area contributed by atoms with E-state index in [9.17, 15) is 18.0 Å². The Balaban J connectivity index is 1.58. The number of carbonyl (C=O) groups is 1. The van der Waals surface area contributed by atoms with E-state index in [1.807, 2.05) is 0 Å². The van der Waals surface area contributed by atoms with Gasteiger partial charge in [-0.25, -0.2) is 0 Å². The minimum absolute atomic E-state index is 0.0568. The molecule has 0 saturated heterocycles. The van der Waals surface area contributed by atoms with Crippen molar-refractivity contribution in [3.05, 3.63) is 24.3 Å². The molecule has 0 heterocycles. The first-order chi connectivity index (χ1) is 11.9. The summed E-state index contributed by atoms with van der Waals surface area (Å²) in [5.41, 5.74) is 0.672. The molecule has 25 heavy (non-hydrogen) atoms. The number of hydrogen-bond donors (Lipinski definition) is 2. The Morgan fingerprint density at radius 2 is 1.76 bits per heavy atom. The van der Waals surface area contributed by atoms with Crippen LogP contribution in [-0.2, 0) is 4.79 Å². The summed E-state index contributed by atoms with van der Waals surface area (Å²) >= 11 is 0. The number of alkyl halides is 3. The van der Waals surface area contributed by atoms with Crippen LogP contribution in [-0.4, -0.2) is 25.4 Å². The summed E-state index contributed by atoms with van der Waals surface area (Å²) in [5.74, 6) is 0.491. The first-order valence-corrected chi connectivity index (χ1v) is 8.79. The van der Waals surface area contributed by atoms with Crippen LogP contribution in [0.25, 0.3) is 0 Å². The number of carbonyl (C=O) groups excluding carboxylic acids is 1. The number of ether oxygens (including phenoxy) is 1. The normalized spacial score (nSPS) is 15.6. The first-order valence-electron chi connectivity index (χ1n) is 8.79. The largest absolute Gasteiger partial charge is 0.573 e. The van der Waals surface area contributed by atoms with Crippen molar-refractivity contribution in [2.24, 2.45) is 5.92 Å². The SMILES string of the molecule is O=C(CCC1CCCCC1)NCCNc1ccc(OC(F)(F)F)cc1. The third-order valence-electron chi connectivity index (χ3n) is 4.37. The van der Waals surface area contributed by atoms with E-state index < -0.39 is 6.36 Å². The molecule has 1 aliphatic carbocycles. The summed E-state index contributed by atoms with van der Waals surface area (Å²) in [6.45, 7) is 0.985. The fourth-order valence-corrected chi connectivity index (χ4v) is 3.08. The minimum atomic E-state index is -4.68. The summed E-state index contributed by atoms with van der Waals surface area (Å²) in [4.78, 5) is 11.8. The lowest BCUT2D eigenvalue weighted by Gasteiger charge is -2.21. The fourth-order valence-electron chi connectivity index (χ4n) is 3.08. The summed E-state index contributed by atoms with van der Waals surface area (Å²) in [7, 11) is 0. The van der Waals surface area contributed by atoms with Crippen molar-refractivity contribution in [1.82, 2.24) is 5.32 Å². The molecule has 0 spiro atoms. The molecule has 1 aromatic carbocycles. The molecule has 7 heteroatoms. The number of benzene rings is 1. The van der Waals surface area contributed by atoms with Crippen LogP contribution in [0.4, 0.5) is 18.9 Å². The summed E-state index contributed by atoms with van der Waals surface area (Å²) in [6, 6.07) is 5.51. The van der Waals surface area contributed by atoms with Crippen molar-refractivity contribution >= 4 is 11.6 Å². The predicted molar refractivity (Wildman–Crippen MR) is 90.4 cm³/mol. The standard InChI is InChI=1S/C18H25F3N2O2/c19-18(20,21)25-16-9-7-15(8-10-16)22-12-13-23-17(24)11-6-14-4-2-1-3-5-14/h7-10,14,22H,1-6,11-13H2,(H,23,24). The van der Waals surface area contributed by atoms with Crippen LogP contribution in [0.5, 0.6) is 5.75 Å². The van der Waals surface area contributed by atoms with Gasteiger partial charge >= 0.3 is 6.36 Å². The fraction of sp³-hybridized carbons (Fsp3) is 0.611. The van der Waals surface area contributed by atoms with Crippen molar-refractivity contribution in [2.75, 3.05) is 18.4 Å². The van der Waals surface area contributed by atoms with Crippen LogP contribution in [0.2, 0.25) is 0 Å². The first kappa shape index (κ1) is 19.4. The lowest BCUT2D eigenvalue weighted by molar-refractivity contribution is -0.274. The highest BCUT2D eigenvalue weighted by molar-refractivity contribution is 5.75. The molecule has 0 radical (unpaired) electrons. The van der Waals surface area contributed by atoms with Gasteiger partial charge in [-0.1, -0.05) is 32.1 Å². The molecule has 1 fully saturated rings. The van der Waals surface area contributed by atoms with Crippen LogP contribution in [0, 0.1) is 5.92 Å². The minimum Gasteiger partial charge on any atom is -0.406 e. The molecule has 2 N–H and O–H groups in total. The van der Waals surface area contributed by atoms with E-state index in [1.54, 1.807) is 0 Å². The number of amides is 1. The third kappa shape index (κ3) is 8.14. The molecule has 0 bridgehead atoms. The van der Waals surface area contributed by atoms with Gasteiger partial charge in [-0.3, -0.25) is 4.79 Å². The van der Waals surface area contributed by atoms with Crippen LogP contribution in [0.15, 0.2) is 24.3 Å². The molecule has 1 aromatic rings. The van der Waals surface area contributed by atoms with Gasteiger partial charge in [0.1, 0.15) is 5.75 Å². The van der Waals surface area contributed by atoms with E-state index in [2.05, 4.69) is 15.4 Å². The van der Waals surface area contributed by atoms with Gasteiger partial charge in [-0.2, -0.15) is 0 Å². The highest BCUT2D eigenvalue weighted by Crippen LogP contribution is 2.27. The molecule has 140 valence electrons. The Labute approximate surface area is 146 Å². The zero-order valence-corrected chi connectivity index (χ0v) is 14.2. The average Bonchev–Trinajstić information content (AvgIpc) is 2.58. The Hall–Kier alpha value is -1.92. The summed E-state index contributed by atoms with van der Waals surface area (Å²) in [5, 5.41) is 5.90. The van der Waals surface area contributed by atoms with E-state index in [0.29, 0.717) is 31.1 Å². The van der Waals surface area contributed by atoms with Crippen LogP contribution >= 0.6 is 0 Å². The molecule has 1 saturated carbocycles. The lowest BCUT2D eigenvalue weighted by atomic mass is 9.86. The van der Waals surface area contributed by atoms with E-state index in [0.717, 1.165) is 6.42 Å². The van der Waals surface area contributed by atoms with Crippen LogP contribution < -0.4 is 15.4 Å². The molecular formula is C18H25F3N2O2. The van der Waals surface area contributed by atoms with Gasteiger partial charge in [0.25, 0.3) is 0 Å². The zero-order chi connectivity index (χ0) is 18.1. The second kappa shape index (κ2) is 9.53. The molecule has 0 unspecified atom stereocenters. The topological polar surface area (TPSA) is 50.4 Å². The number of halogens is 3. The number of nitrogens with one attached hydrogen (secondary N) is 2. The van der Waals surface area contributed by atoms with Crippen molar-refractivity contribution < 1.29 is 22.7 Å². The zero-order valence-electron chi connectivity index (χ0n) is 14.2. The van der Waals surface area contributed by atoms with E-state index in [1.165, 1.54) is 56.4 Å². The number of hydrogen-bond acceptors (Lipinski definition) is 3. The molecule has 1 amide bonds. The van der Waals surface area contributed by atoms with E-state index in [4.69, 9.17) is 0 Å². The van der Waals surface area contributed by atoms with Gasteiger partial charge in [0.2, 0.25) is 5.91 Å². The van der Waals surface area contributed by atoms with E-state index in [-0.39, 0.29) is 11.7 Å². The van der Waals surface area contributed by atoms with Gasteiger partial charge in [0.05, 0.1) is 0 Å². The maximum absolute atomic E-state index is 12.1. The smallest absolute Gasteiger partial charge is 0.406 e. The quantitative estimate of drug-likeness (QED) is 0.674. The van der Waals surface area contributed by atoms with Gasteiger partial charge in [-0.05, 0) is 36.6 Å². The molecule has 1 aliphatic rings. The van der Waals surface area contributed by atoms with E-state index >= 15 is 0 Å². The molecular weight excluding hydrogens is 333 g/mol. The highest BCUT2D eigenvalue weighted by atomic mass is 19.4. The molecule has 0 aliphatic heterocycles. The maximum Gasteiger partial charge on any atom is 0.573 e. The van der Waals surface area contributed by atoms with Crippen LogP contribution in [0.1, 0.15) is 44.9 Å². The van der Waals surface area contributed by atoms with Crippen molar-refractivity contribution in [3.8, 4) is 5.75 Å². The third-order valence-corrected chi connectivity index (χ3v) is 4.37. The predicted octanol–water partition coefficient (Wildman–Crippen LogP) is 4.47. The average molecular weight is 358 g/mol. The van der Waals surface area contributed by atoms with Crippen LogP contribution in [0.3, 0.4) is 0 Å². The highest BCUT2D eigenvalue weighted by Gasteiger charge is 2.30. The van der Waals surface area contributed by atoms with Gasteiger partial charge in [0, 0.05) is 25.2 Å². The van der Waals surface area contributed by atoms with Crippen molar-refractivity contribution in [3.63, 3.8) is 0 Å². The Morgan fingerprint density at radius 1 is 1.08 bits per heavy atom. The second-order valence-corrected chi connectivity index (χ2v) is 6.39. The summed E-state index contributed by atoms with van der Waals surface area (Å²) in [6.07, 6.45) is 3.19. The van der Waals surface area contributed by atoms with Crippen molar-refractivity contribution in [1.29, 1.82) is 0 Å². The lowest BCUT2D eigenvalue weighted by Crippen LogP contribution is -2.29. The molecule has 0 atom stereocenters. The Morgan fingerprint density at radius 3 is 2.40 bits per heavy atom. The van der Waals surface area contributed by atoms with Gasteiger partial charge in [0.15, 0.2) is 0 Å². The number of anilines is 1. The summed E-state index contributed by atoms with van der Waals surface area (Å²) < 4.78 is 40.0. The van der Waals surface area contributed by atoms with Gasteiger partial charge in [-0.15, -0.1) is 13.2 Å². The maximum atomic E-state index is 12.1. The Kier molecular flexibility index (Phi) is 7.40. The molecule has 2 rings (SSSR count). The number of rotatable bonds is 8. The molecule has 0 aromatic heterocycles. The molecule has 4 nitrogen and oxygen atoms in total. The van der Waals surface area contributed by atoms with Crippen molar-refractivity contribution in [2.45, 2.75) is 51.3 Å². The Bertz CT molecular complexity index is 526. The van der Waals surface area contributed by atoms with Gasteiger partial charge < -0.3 is 15.4 Å². The monoisotopic (exact) mass is 358 g/mol.